The van der Waals surface area contributed by atoms with E-state index in [1.54, 1.807) is 0 Å². The zero-order valence-corrected chi connectivity index (χ0v) is 13.8. The van der Waals surface area contributed by atoms with Gasteiger partial charge in [-0.25, -0.2) is 0 Å². The van der Waals surface area contributed by atoms with Gasteiger partial charge < -0.3 is 14.4 Å². The summed E-state index contributed by atoms with van der Waals surface area (Å²) in [4.78, 5) is 26.0. The Morgan fingerprint density at radius 1 is 1.27 bits per heavy atom. The third kappa shape index (κ3) is 3.69. The van der Waals surface area contributed by atoms with Crippen LogP contribution in [0, 0.1) is 11.8 Å². The summed E-state index contributed by atoms with van der Waals surface area (Å²) in [5.41, 5.74) is 0.825. The average molecular weight is 309 g/mol. The highest BCUT2D eigenvalue weighted by atomic mass is 16.5. The second-order valence-electron chi connectivity index (χ2n) is 6.18. The predicted molar refractivity (Wildman–Crippen MR) is 83.2 cm³/mol. The van der Waals surface area contributed by atoms with Gasteiger partial charge in [0.15, 0.2) is 0 Å². The van der Waals surface area contributed by atoms with Crippen LogP contribution in [-0.4, -0.2) is 49.7 Å². The first-order chi connectivity index (χ1) is 10.6. The van der Waals surface area contributed by atoms with Crippen molar-refractivity contribution in [1.29, 1.82) is 0 Å². The Hall–Kier alpha value is -1.36. The maximum absolute atomic E-state index is 12.3. The molecule has 124 valence electrons. The molecule has 0 aromatic heterocycles. The first-order valence-electron chi connectivity index (χ1n) is 8.24. The maximum Gasteiger partial charge on any atom is 0.311 e. The lowest BCUT2D eigenvalue weighted by atomic mass is 9.84. The lowest BCUT2D eigenvalue weighted by molar-refractivity contribution is -0.149. The lowest BCUT2D eigenvalue weighted by Crippen LogP contribution is -2.43. The van der Waals surface area contributed by atoms with Crippen LogP contribution >= 0.6 is 0 Å². The van der Waals surface area contributed by atoms with Crippen molar-refractivity contribution in [3.05, 3.63) is 11.6 Å². The fourth-order valence-corrected chi connectivity index (χ4v) is 3.55. The SMILES string of the molecule is CC/C=C(\C)C(=O)N1CCC([C@@H]2OCC[C@H]2C(=O)OC)CC1. The largest absolute Gasteiger partial charge is 0.469 e. The summed E-state index contributed by atoms with van der Waals surface area (Å²) in [6, 6.07) is 0. The molecule has 0 spiro atoms. The fraction of sp³-hybridized carbons (Fsp3) is 0.765. The summed E-state index contributed by atoms with van der Waals surface area (Å²) in [6.07, 6.45) is 5.34. The van der Waals surface area contributed by atoms with E-state index < -0.39 is 0 Å². The number of carbonyl (C=O) groups excluding carboxylic acids is 2. The molecule has 22 heavy (non-hydrogen) atoms. The van der Waals surface area contributed by atoms with Crippen molar-refractivity contribution in [2.45, 2.75) is 45.6 Å². The van der Waals surface area contributed by atoms with E-state index in [1.165, 1.54) is 7.11 Å². The fourth-order valence-electron chi connectivity index (χ4n) is 3.55. The number of allylic oxidation sites excluding steroid dienone is 1. The van der Waals surface area contributed by atoms with E-state index in [1.807, 2.05) is 24.8 Å². The first-order valence-corrected chi connectivity index (χ1v) is 8.24. The number of esters is 1. The molecule has 0 bridgehead atoms. The van der Waals surface area contributed by atoms with Crippen LogP contribution in [0.15, 0.2) is 11.6 Å². The van der Waals surface area contributed by atoms with Crippen LogP contribution in [-0.2, 0) is 19.1 Å². The van der Waals surface area contributed by atoms with Crippen LogP contribution in [0.1, 0.15) is 39.5 Å². The van der Waals surface area contributed by atoms with Gasteiger partial charge in [-0.15, -0.1) is 0 Å². The van der Waals surface area contributed by atoms with Gasteiger partial charge in [-0.05, 0) is 38.5 Å². The number of methoxy groups -OCH3 is 1. The Kier molecular flexibility index (Phi) is 6.00. The number of amides is 1. The van der Waals surface area contributed by atoms with E-state index in [0.29, 0.717) is 12.5 Å². The van der Waals surface area contributed by atoms with Crippen LogP contribution in [0.25, 0.3) is 0 Å². The summed E-state index contributed by atoms with van der Waals surface area (Å²) >= 11 is 0. The van der Waals surface area contributed by atoms with Gasteiger partial charge in [-0.1, -0.05) is 13.0 Å². The van der Waals surface area contributed by atoms with E-state index in [-0.39, 0.29) is 23.9 Å². The molecule has 2 atom stereocenters. The van der Waals surface area contributed by atoms with Gasteiger partial charge in [-0.2, -0.15) is 0 Å². The Balaban J connectivity index is 1.90. The standard InChI is InChI=1S/C17H27NO4/c1-4-5-12(2)16(19)18-9-6-13(7-10-18)15-14(8-11-22-15)17(20)21-3/h5,13-15H,4,6-11H2,1-3H3/b12-5+/t14-,15+/m1/s1. The number of hydrogen-bond donors (Lipinski definition) is 0. The minimum Gasteiger partial charge on any atom is -0.469 e. The highest BCUT2D eigenvalue weighted by molar-refractivity contribution is 5.92. The Morgan fingerprint density at radius 2 is 1.95 bits per heavy atom. The molecule has 2 aliphatic rings. The molecule has 0 N–H and O–H groups in total. The minimum absolute atomic E-state index is 0.0445. The summed E-state index contributed by atoms with van der Waals surface area (Å²) in [5, 5.41) is 0. The van der Waals surface area contributed by atoms with Gasteiger partial charge in [-0.3, -0.25) is 9.59 Å². The second kappa shape index (κ2) is 7.77. The molecule has 0 aliphatic carbocycles. The van der Waals surface area contributed by atoms with Crippen LogP contribution in [0.4, 0.5) is 0 Å². The van der Waals surface area contributed by atoms with Crippen LogP contribution < -0.4 is 0 Å². The van der Waals surface area contributed by atoms with E-state index in [2.05, 4.69) is 0 Å². The summed E-state index contributed by atoms with van der Waals surface area (Å²) < 4.78 is 10.7. The number of nitrogens with zero attached hydrogens (tertiary/aromatic N) is 1. The summed E-state index contributed by atoms with van der Waals surface area (Å²) in [5.74, 6) is 0.171. The third-order valence-electron chi connectivity index (χ3n) is 4.78. The average Bonchev–Trinajstić information content (AvgIpc) is 3.03. The number of carbonyl (C=O) groups is 2. The highest BCUT2D eigenvalue weighted by Crippen LogP contribution is 2.34. The molecular weight excluding hydrogens is 282 g/mol. The molecule has 0 aromatic rings. The molecule has 0 radical (unpaired) electrons. The molecule has 2 heterocycles. The van der Waals surface area contributed by atoms with Gasteiger partial charge in [0.1, 0.15) is 0 Å². The molecular formula is C17H27NO4. The van der Waals surface area contributed by atoms with Crippen LogP contribution in [0.5, 0.6) is 0 Å². The Bertz CT molecular complexity index is 438. The Labute approximate surface area is 132 Å². The van der Waals surface area contributed by atoms with Crippen molar-refractivity contribution in [3.8, 4) is 0 Å². The van der Waals surface area contributed by atoms with Crippen molar-refractivity contribution >= 4 is 11.9 Å². The maximum atomic E-state index is 12.3. The Morgan fingerprint density at radius 3 is 2.55 bits per heavy atom. The molecule has 5 heteroatoms. The molecule has 0 unspecified atom stereocenters. The topological polar surface area (TPSA) is 55.8 Å². The molecule has 5 nitrogen and oxygen atoms in total. The van der Waals surface area contributed by atoms with E-state index >= 15 is 0 Å². The van der Waals surface area contributed by atoms with E-state index in [9.17, 15) is 9.59 Å². The number of piperidine rings is 1. The van der Waals surface area contributed by atoms with Gasteiger partial charge in [0.25, 0.3) is 0 Å². The first kappa shape index (κ1) is 17.0. The summed E-state index contributed by atoms with van der Waals surface area (Å²) in [7, 11) is 1.43. The lowest BCUT2D eigenvalue weighted by Gasteiger charge is -2.35. The number of ether oxygens (including phenoxy) is 2. The molecule has 2 rings (SSSR count). The molecule has 2 aliphatic heterocycles. The highest BCUT2D eigenvalue weighted by Gasteiger charge is 2.41. The van der Waals surface area contributed by atoms with Crippen LogP contribution in [0.2, 0.25) is 0 Å². The number of likely N-dealkylation sites (tertiary alicyclic amines) is 1. The van der Waals surface area contributed by atoms with E-state index in [4.69, 9.17) is 9.47 Å². The second-order valence-corrected chi connectivity index (χ2v) is 6.18. The van der Waals surface area contributed by atoms with Crippen molar-refractivity contribution in [2.75, 3.05) is 26.8 Å². The molecule has 0 saturated carbocycles. The molecule has 1 amide bonds. The van der Waals surface area contributed by atoms with Gasteiger partial charge >= 0.3 is 5.97 Å². The smallest absolute Gasteiger partial charge is 0.311 e. The normalized spacial score (nSPS) is 27.0. The van der Waals surface area contributed by atoms with Crippen molar-refractivity contribution in [3.63, 3.8) is 0 Å². The zero-order valence-electron chi connectivity index (χ0n) is 13.8. The monoisotopic (exact) mass is 309 g/mol. The van der Waals surface area contributed by atoms with Crippen LogP contribution in [0.3, 0.4) is 0 Å². The quantitative estimate of drug-likeness (QED) is 0.590. The van der Waals surface area contributed by atoms with Gasteiger partial charge in [0, 0.05) is 25.3 Å². The number of hydrogen-bond acceptors (Lipinski definition) is 4. The third-order valence-corrected chi connectivity index (χ3v) is 4.78. The van der Waals surface area contributed by atoms with Gasteiger partial charge in [0.05, 0.1) is 19.1 Å². The van der Waals surface area contributed by atoms with Crippen molar-refractivity contribution in [1.82, 2.24) is 4.90 Å². The molecule has 2 saturated heterocycles. The zero-order chi connectivity index (χ0) is 16.1. The minimum atomic E-state index is -0.164. The number of rotatable bonds is 4. The van der Waals surface area contributed by atoms with Crippen molar-refractivity contribution < 1.29 is 19.1 Å². The predicted octanol–water partition coefficient (Wildman–Crippen LogP) is 2.16. The van der Waals surface area contributed by atoms with Gasteiger partial charge in [0.2, 0.25) is 5.91 Å². The molecule has 0 aromatic carbocycles. The summed E-state index contributed by atoms with van der Waals surface area (Å²) in [6.45, 7) is 6.03. The van der Waals surface area contributed by atoms with Crippen molar-refractivity contribution in [2.24, 2.45) is 11.8 Å². The molecule has 2 fully saturated rings. The van der Waals surface area contributed by atoms with E-state index in [0.717, 1.165) is 44.3 Å².